The lowest BCUT2D eigenvalue weighted by Gasteiger charge is -2.35. The van der Waals surface area contributed by atoms with Gasteiger partial charge in [-0.1, -0.05) is 0 Å². The van der Waals surface area contributed by atoms with E-state index in [1.54, 1.807) is 23.2 Å². The second kappa shape index (κ2) is 8.21. The summed E-state index contributed by atoms with van der Waals surface area (Å²) in [5.74, 6) is -0.410. The van der Waals surface area contributed by atoms with Crippen molar-refractivity contribution in [2.24, 2.45) is 0 Å². The van der Waals surface area contributed by atoms with Crippen LogP contribution >= 0.6 is 0 Å². The van der Waals surface area contributed by atoms with Crippen LogP contribution in [0.5, 0.6) is 0 Å². The van der Waals surface area contributed by atoms with Crippen molar-refractivity contribution in [2.45, 2.75) is 44.2 Å². The molecule has 130 valence electrons. The highest BCUT2D eigenvalue weighted by molar-refractivity contribution is 5.97. The fraction of sp³-hybridized carbons (Fsp3) is 0.588. The maximum atomic E-state index is 12.7. The van der Waals surface area contributed by atoms with Crippen LogP contribution in [0.4, 0.5) is 0 Å². The Bertz CT molecular complexity index is 560. The highest BCUT2D eigenvalue weighted by Gasteiger charge is 2.33. The van der Waals surface area contributed by atoms with Gasteiger partial charge in [-0.05, 0) is 44.2 Å². The van der Waals surface area contributed by atoms with Gasteiger partial charge in [0.05, 0.1) is 11.7 Å². The molecule has 2 saturated heterocycles. The maximum Gasteiger partial charge on any atom is 0.266 e. The van der Waals surface area contributed by atoms with Crippen molar-refractivity contribution >= 4 is 11.8 Å². The number of carbonyl (C=O) groups excluding carboxylic acids is 2. The number of nitrogens with zero attached hydrogens (tertiary/aromatic N) is 2. The Morgan fingerprint density at radius 2 is 2.08 bits per heavy atom. The van der Waals surface area contributed by atoms with Gasteiger partial charge < -0.3 is 9.64 Å². The number of pyridine rings is 1. The largest absolute Gasteiger partial charge is 0.381 e. The number of carbonyl (C=O) groups is 2. The first-order chi connectivity index (χ1) is 11.8. The summed E-state index contributed by atoms with van der Waals surface area (Å²) in [6.07, 6.45) is 7.14. The molecule has 7 nitrogen and oxygen atoms in total. The van der Waals surface area contributed by atoms with E-state index < -0.39 is 6.04 Å². The van der Waals surface area contributed by atoms with Gasteiger partial charge in [0.1, 0.15) is 6.04 Å². The molecule has 1 unspecified atom stereocenters. The lowest BCUT2D eigenvalue weighted by atomic mass is 10.0. The molecule has 1 aromatic rings. The first-order valence-electron chi connectivity index (χ1n) is 8.50. The van der Waals surface area contributed by atoms with Crippen LogP contribution in [0.2, 0.25) is 0 Å². The minimum atomic E-state index is -0.494. The van der Waals surface area contributed by atoms with E-state index in [1.165, 1.54) is 6.20 Å². The smallest absolute Gasteiger partial charge is 0.266 e. The van der Waals surface area contributed by atoms with E-state index in [9.17, 15) is 9.59 Å². The van der Waals surface area contributed by atoms with Crippen LogP contribution in [-0.4, -0.2) is 53.6 Å². The molecule has 0 aliphatic carbocycles. The molecule has 3 heterocycles. The summed E-state index contributed by atoms with van der Waals surface area (Å²) in [5, 5.41) is 0. The molecule has 0 saturated carbocycles. The summed E-state index contributed by atoms with van der Waals surface area (Å²) < 4.78 is 5.27. The van der Waals surface area contributed by atoms with Gasteiger partial charge in [-0.15, -0.1) is 0 Å². The number of hydroxylamine groups is 1. The fourth-order valence-corrected chi connectivity index (χ4v) is 3.11. The van der Waals surface area contributed by atoms with Gasteiger partial charge in [-0.2, -0.15) is 0 Å². The predicted molar refractivity (Wildman–Crippen MR) is 86.0 cm³/mol. The zero-order chi connectivity index (χ0) is 16.8. The van der Waals surface area contributed by atoms with Gasteiger partial charge in [0.25, 0.3) is 11.8 Å². The van der Waals surface area contributed by atoms with Gasteiger partial charge in [0.15, 0.2) is 0 Å². The minimum Gasteiger partial charge on any atom is -0.381 e. The first-order valence-corrected chi connectivity index (χ1v) is 8.50. The van der Waals surface area contributed by atoms with Crippen molar-refractivity contribution in [1.29, 1.82) is 0 Å². The van der Waals surface area contributed by atoms with Crippen LogP contribution in [0.25, 0.3) is 0 Å². The Morgan fingerprint density at radius 1 is 1.25 bits per heavy atom. The molecule has 1 atom stereocenters. The summed E-state index contributed by atoms with van der Waals surface area (Å²) in [5.41, 5.74) is 3.06. The summed E-state index contributed by atoms with van der Waals surface area (Å²) in [6, 6.07) is 2.95. The van der Waals surface area contributed by atoms with Crippen LogP contribution in [-0.2, 0) is 14.4 Å². The molecule has 0 radical (unpaired) electrons. The third-order valence-electron chi connectivity index (χ3n) is 4.47. The van der Waals surface area contributed by atoms with Crippen molar-refractivity contribution in [2.75, 3.05) is 19.8 Å². The lowest BCUT2D eigenvalue weighted by molar-refractivity contribution is -0.149. The van der Waals surface area contributed by atoms with Crippen molar-refractivity contribution in [3.05, 3.63) is 30.1 Å². The first kappa shape index (κ1) is 16.9. The quantitative estimate of drug-likeness (QED) is 0.840. The molecular formula is C17H23N3O4. The van der Waals surface area contributed by atoms with Gasteiger partial charge in [-0.25, -0.2) is 5.48 Å². The molecule has 2 aliphatic heterocycles. The van der Waals surface area contributed by atoms with Gasteiger partial charge in [-0.3, -0.25) is 19.4 Å². The number of amides is 2. The highest BCUT2D eigenvalue weighted by Crippen LogP contribution is 2.20. The Balaban J connectivity index is 1.61. The average Bonchev–Trinajstić information content (AvgIpc) is 2.67. The molecule has 2 amide bonds. The zero-order valence-corrected chi connectivity index (χ0v) is 13.6. The van der Waals surface area contributed by atoms with Crippen molar-refractivity contribution in [1.82, 2.24) is 15.4 Å². The number of ether oxygens (including phenoxy) is 1. The van der Waals surface area contributed by atoms with Crippen molar-refractivity contribution < 1.29 is 19.2 Å². The van der Waals surface area contributed by atoms with E-state index in [2.05, 4.69) is 10.5 Å². The Hall–Kier alpha value is -1.99. The Kier molecular flexibility index (Phi) is 5.77. The molecular weight excluding hydrogens is 310 g/mol. The Morgan fingerprint density at radius 3 is 2.83 bits per heavy atom. The molecule has 1 aromatic heterocycles. The maximum absolute atomic E-state index is 12.7. The third-order valence-corrected chi connectivity index (χ3v) is 4.47. The zero-order valence-electron chi connectivity index (χ0n) is 13.6. The van der Waals surface area contributed by atoms with Gasteiger partial charge >= 0.3 is 0 Å². The monoisotopic (exact) mass is 333 g/mol. The van der Waals surface area contributed by atoms with Crippen molar-refractivity contribution in [3.63, 3.8) is 0 Å². The summed E-state index contributed by atoms with van der Waals surface area (Å²) in [4.78, 5) is 36.3. The van der Waals surface area contributed by atoms with E-state index in [0.29, 0.717) is 31.7 Å². The topological polar surface area (TPSA) is 80.8 Å². The number of hydrogen-bond donors (Lipinski definition) is 1. The number of aromatic nitrogens is 1. The van der Waals surface area contributed by atoms with Crippen LogP contribution in [0.1, 0.15) is 42.5 Å². The summed E-state index contributed by atoms with van der Waals surface area (Å²) >= 11 is 0. The molecule has 3 rings (SSSR count). The molecule has 2 aliphatic rings. The lowest BCUT2D eigenvalue weighted by Crippen LogP contribution is -2.52. The molecule has 0 spiro atoms. The van der Waals surface area contributed by atoms with Crippen LogP contribution in [0.15, 0.2) is 24.5 Å². The minimum absolute atomic E-state index is 0.0197. The van der Waals surface area contributed by atoms with E-state index in [1.807, 2.05) is 0 Å². The Labute approximate surface area is 141 Å². The number of hydrogen-bond acceptors (Lipinski definition) is 5. The van der Waals surface area contributed by atoms with Crippen LogP contribution < -0.4 is 5.48 Å². The van der Waals surface area contributed by atoms with Gasteiger partial charge in [0, 0.05) is 32.2 Å². The molecule has 1 N–H and O–H groups in total. The predicted octanol–water partition coefficient (Wildman–Crippen LogP) is 1.30. The van der Waals surface area contributed by atoms with Crippen molar-refractivity contribution in [3.8, 4) is 0 Å². The van der Waals surface area contributed by atoms with E-state index >= 15 is 0 Å². The molecule has 24 heavy (non-hydrogen) atoms. The van der Waals surface area contributed by atoms with Crippen LogP contribution in [0, 0.1) is 0 Å². The van der Waals surface area contributed by atoms with E-state index in [0.717, 1.165) is 25.7 Å². The SMILES string of the molecule is O=C(NOC1CCOCC1)C1CCCCN1C(=O)c1cccnc1. The number of piperidine rings is 1. The average molecular weight is 333 g/mol. The molecule has 2 fully saturated rings. The molecule has 0 bridgehead atoms. The summed E-state index contributed by atoms with van der Waals surface area (Å²) in [7, 11) is 0. The normalized spacial score (nSPS) is 22.2. The third kappa shape index (κ3) is 4.10. The standard InChI is InChI=1S/C17H23N3O4/c21-16(19-24-14-6-10-23-11-7-14)15-5-1-2-9-20(15)17(22)13-4-3-8-18-12-13/h3-4,8,12,14-15H,1-2,5-7,9-11H2,(H,19,21). The number of nitrogens with one attached hydrogen (secondary N) is 1. The van der Waals surface area contributed by atoms with E-state index in [-0.39, 0.29) is 17.9 Å². The fourth-order valence-electron chi connectivity index (χ4n) is 3.11. The highest BCUT2D eigenvalue weighted by atomic mass is 16.7. The second-order valence-corrected chi connectivity index (χ2v) is 6.15. The summed E-state index contributed by atoms with van der Waals surface area (Å²) in [6.45, 7) is 1.87. The van der Waals surface area contributed by atoms with Crippen LogP contribution in [0.3, 0.4) is 0 Å². The number of rotatable bonds is 4. The molecule has 7 heteroatoms. The van der Waals surface area contributed by atoms with E-state index in [4.69, 9.17) is 9.57 Å². The molecule has 0 aromatic carbocycles. The van der Waals surface area contributed by atoms with Gasteiger partial charge in [0.2, 0.25) is 0 Å². The number of likely N-dealkylation sites (tertiary alicyclic amines) is 1. The second-order valence-electron chi connectivity index (χ2n) is 6.15.